The molecule has 0 unspecified atom stereocenters. The molecule has 3 rings (SSSR count). The van der Waals surface area contributed by atoms with E-state index in [9.17, 15) is 18.3 Å². The van der Waals surface area contributed by atoms with Gasteiger partial charge in [0.15, 0.2) is 0 Å². The van der Waals surface area contributed by atoms with Crippen LogP contribution in [0.2, 0.25) is 0 Å². The Morgan fingerprint density at radius 3 is 2.54 bits per heavy atom. The van der Waals surface area contributed by atoms with E-state index < -0.39 is 15.9 Å². The van der Waals surface area contributed by atoms with Crippen molar-refractivity contribution in [3.8, 4) is 5.75 Å². The molecule has 1 amide bonds. The van der Waals surface area contributed by atoms with Crippen molar-refractivity contribution < 1.29 is 23.1 Å². The zero-order valence-electron chi connectivity index (χ0n) is 13.7. The maximum absolute atomic E-state index is 12.8. The Labute approximate surface area is 159 Å². The summed E-state index contributed by atoms with van der Waals surface area (Å²) in [6.45, 7) is 1.24. The van der Waals surface area contributed by atoms with Crippen LogP contribution in [0.5, 0.6) is 5.75 Å². The molecule has 26 heavy (non-hydrogen) atoms. The molecule has 7 nitrogen and oxygen atoms in total. The Hall–Kier alpha value is -1.94. The summed E-state index contributed by atoms with van der Waals surface area (Å²) in [6, 6.07) is 10.6. The van der Waals surface area contributed by atoms with Crippen molar-refractivity contribution in [2.75, 3.05) is 31.6 Å². The molecular formula is C17H17BrN2O5S. The van der Waals surface area contributed by atoms with Gasteiger partial charge in [0.2, 0.25) is 10.0 Å². The number of phenolic OH excluding ortho intramolecular Hbond substituents is 1. The van der Waals surface area contributed by atoms with Crippen LogP contribution in [0.25, 0.3) is 0 Å². The summed E-state index contributed by atoms with van der Waals surface area (Å²) in [7, 11) is -3.71. The molecule has 1 heterocycles. The van der Waals surface area contributed by atoms with E-state index in [0.29, 0.717) is 17.7 Å². The molecule has 0 aromatic heterocycles. The summed E-state index contributed by atoms with van der Waals surface area (Å²) in [6.07, 6.45) is 0. The first-order valence-corrected chi connectivity index (χ1v) is 10.1. The second kappa shape index (κ2) is 7.75. The minimum atomic E-state index is -3.71. The van der Waals surface area contributed by atoms with E-state index in [-0.39, 0.29) is 35.0 Å². The summed E-state index contributed by atoms with van der Waals surface area (Å²) in [5.74, 6) is -0.605. The monoisotopic (exact) mass is 440 g/mol. The summed E-state index contributed by atoms with van der Waals surface area (Å²) in [5, 5.41) is 12.4. The lowest BCUT2D eigenvalue weighted by atomic mass is 10.2. The normalized spacial score (nSPS) is 15.6. The van der Waals surface area contributed by atoms with Gasteiger partial charge in [-0.15, -0.1) is 0 Å². The van der Waals surface area contributed by atoms with Gasteiger partial charge in [0.1, 0.15) is 5.75 Å². The molecule has 1 fully saturated rings. The minimum absolute atomic E-state index is 0.0324. The molecule has 138 valence electrons. The van der Waals surface area contributed by atoms with Gasteiger partial charge in [-0.05, 0) is 46.3 Å². The first kappa shape index (κ1) is 18.8. The molecule has 2 aromatic rings. The van der Waals surface area contributed by atoms with Crippen LogP contribution in [0.1, 0.15) is 10.4 Å². The van der Waals surface area contributed by atoms with Gasteiger partial charge in [0, 0.05) is 17.6 Å². The number of carbonyl (C=O) groups excluding carboxylic acids is 1. The topological polar surface area (TPSA) is 95.9 Å². The van der Waals surface area contributed by atoms with Gasteiger partial charge in [0.25, 0.3) is 5.91 Å². The Balaban J connectivity index is 1.90. The number of hydrogen-bond acceptors (Lipinski definition) is 5. The van der Waals surface area contributed by atoms with Crippen LogP contribution in [-0.4, -0.2) is 50.0 Å². The predicted molar refractivity (Wildman–Crippen MR) is 99.8 cm³/mol. The number of carbonyl (C=O) groups is 1. The summed E-state index contributed by atoms with van der Waals surface area (Å²) >= 11 is 3.27. The largest absolute Gasteiger partial charge is 0.506 e. The third-order valence-electron chi connectivity index (χ3n) is 3.94. The fourth-order valence-electron chi connectivity index (χ4n) is 2.54. The first-order valence-electron chi connectivity index (χ1n) is 7.86. The zero-order valence-corrected chi connectivity index (χ0v) is 16.1. The molecule has 1 aliphatic rings. The summed E-state index contributed by atoms with van der Waals surface area (Å²) in [4.78, 5) is 12.6. The molecule has 0 radical (unpaired) electrons. The molecule has 2 N–H and O–H groups in total. The van der Waals surface area contributed by atoms with Crippen LogP contribution in [0.3, 0.4) is 0 Å². The SMILES string of the molecule is O=C(Nc1ccccc1O)c1cc(S(=O)(=O)N2CCOCC2)ccc1Br. The number of hydrogen-bond donors (Lipinski definition) is 2. The number of nitrogens with zero attached hydrogens (tertiary/aromatic N) is 1. The molecule has 1 aliphatic heterocycles. The fraction of sp³-hybridized carbons (Fsp3) is 0.235. The molecule has 9 heteroatoms. The van der Waals surface area contributed by atoms with Crippen molar-refractivity contribution in [1.29, 1.82) is 0 Å². The lowest BCUT2D eigenvalue weighted by Gasteiger charge is -2.26. The number of nitrogens with one attached hydrogen (secondary N) is 1. The first-order chi connectivity index (χ1) is 12.4. The van der Waals surface area contributed by atoms with Crippen molar-refractivity contribution in [2.24, 2.45) is 0 Å². The van der Waals surface area contributed by atoms with Gasteiger partial charge in [-0.1, -0.05) is 12.1 Å². The lowest BCUT2D eigenvalue weighted by molar-refractivity contribution is 0.0730. The Bertz CT molecular complexity index is 927. The van der Waals surface area contributed by atoms with Crippen molar-refractivity contribution in [3.63, 3.8) is 0 Å². The highest BCUT2D eigenvalue weighted by Crippen LogP contribution is 2.27. The smallest absolute Gasteiger partial charge is 0.256 e. The van der Waals surface area contributed by atoms with Crippen molar-refractivity contribution in [2.45, 2.75) is 4.90 Å². The van der Waals surface area contributed by atoms with Gasteiger partial charge >= 0.3 is 0 Å². The number of amides is 1. The second-order valence-corrected chi connectivity index (χ2v) is 8.42. The molecule has 0 bridgehead atoms. The van der Waals surface area contributed by atoms with Crippen LogP contribution in [0.4, 0.5) is 5.69 Å². The standard InChI is InChI=1S/C17H17BrN2O5S/c18-14-6-5-12(26(23,24)20-7-9-25-10-8-20)11-13(14)17(22)19-15-3-1-2-4-16(15)21/h1-6,11,21H,7-10H2,(H,19,22). The number of para-hydroxylation sites is 2. The van der Waals surface area contributed by atoms with Crippen LogP contribution < -0.4 is 5.32 Å². The van der Waals surface area contributed by atoms with Crippen LogP contribution in [0.15, 0.2) is 51.8 Å². The van der Waals surface area contributed by atoms with E-state index in [4.69, 9.17) is 4.74 Å². The van der Waals surface area contributed by atoms with E-state index in [0.717, 1.165) is 0 Å². The number of ether oxygens (including phenoxy) is 1. The Morgan fingerprint density at radius 1 is 1.15 bits per heavy atom. The molecule has 0 spiro atoms. The number of halogens is 1. The molecule has 0 aliphatic carbocycles. The highest BCUT2D eigenvalue weighted by atomic mass is 79.9. The van der Waals surface area contributed by atoms with E-state index in [2.05, 4.69) is 21.2 Å². The van der Waals surface area contributed by atoms with Gasteiger partial charge in [-0.25, -0.2) is 8.42 Å². The number of aromatic hydroxyl groups is 1. The van der Waals surface area contributed by atoms with Crippen LogP contribution in [-0.2, 0) is 14.8 Å². The molecule has 0 atom stereocenters. The number of benzene rings is 2. The van der Waals surface area contributed by atoms with Gasteiger partial charge in [-0.2, -0.15) is 4.31 Å². The Kier molecular flexibility index (Phi) is 5.61. The average Bonchev–Trinajstić information content (AvgIpc) is 2.64. The number of sulfonamides is 1. The molecule has 2 aromatic carbocycles. The highest BCUT2D eigenvalue weighted by molar-refractivity contribution is 9.10. The number of rotatable bonds is 4. The maximum atomic E-state index is 12.8. The van der Waals surface area contributed by atoms with Crippen molar-refractivity contribution in [1.82, 2.24) is 4.31 Å². The third kappa shape index (κ3) is 3.90. The van der Waals surface area contributed by atoms with Gasteiger partial charge < -0.3 is 15.2 Å². The van der Waals surface area contributed by atoms with Gasteiger partial charge in [-0.3, -0.25) is 4.79 Å². The quantitative estimate of drug-likeness (QED) is 0.711. The van der Waals surface area contributed by atoms with E-state index >= 15 is 0 Å². The van der Waals surface area contributed by atoms with Crippen LogP contribution in [0, 0.1) is 0 Å². The predicted octanol–water partition coefficient (Wildman–Crippen LogP) is 2.43. The fourth-order valence-corrected chi connectivity index (χ4v) is 4.41. The van der Waals surface area contributed by atoms with Crippen molar-refractivity contribution >= 4 is 37.5 Å². The molecule has 1 saturated heterocycles. The molecule has 0 saturated carbocycles. The van der Waals surface area contributed by atoms with E-state index in [1.807, 2.05) is 0 Å². The average molecular weight is 441 g/mol. The number of morpholine rings is 1. The number of phenols is 1. The van der Waals surface area contributed by atoms with Gasteiger partial charge in [0.05, 0.1) is 29.4 Å². The summed E-state index contributed by atoms with van der Waals surface area (Å²) in [5.41, 5.74) is 0.397. The highest BCUT2D eigenvalue weighted by Gasteiger charge is 2.27. The van der Waals surface area contributed by atoms with Crippen LogP contribution >= 0.6 is 15.9 Å². The zero-order chi connectivity index (χ0) is 18.7. The van der Waals surface area contributed by atoms with Crippen molar-refractivity contribution in [3.05, 3.63) is 52.5 Å². The third-order valence-corrected chi connectivity index (χ3v) is 6.53. The van der Waals surface area contributed by atoms with E-state index in [1.54, 1.807) is 18.2 Å². The minimum Gasteiger partial charge on any atom is -0.506 e. The number of anilines is 1. The maximum Gasteiger partial charge on any atom is 0.256 e. The second-order valence-electron chi connectivity index (χ2n) is 5.63. The summed E-state index contributed by atoms with van der Waals surface area (Å²) < 4.78 is 32.5. The van der Waals surface area contributed by atoms with E-state index in [1.165, 1.54) is 28.6 Å². The molecular weight excluding hydrogens is 424 g/mol. The lowest BCUT2D eigenvalue weighted by Crippen LogP contribution is -2.40. The Morgan fingerprint density at radius 2 is 1.85 bits per heavy atom.